The van der Waals surface area contributed by atoms with Crippen LogP contribution in [0.15, 0.2) is 0 Å². The number of ether oxygens (including phenoxy) is 2. The van der Waals surface area contributed by atoms with Gasteiger partial charge in [0.1, 0.15) is 5.41 Å². The van der Waals surface area contributed by atoms with Crippen LogP contribution in [0, 0.1) is 5.41 Å². The van der Waals surface area contributed by atoms with E-state index in [0.29, 0.717) is 25.9 Å². The molecule has 1 aliphatic carbocycles. The first-order valence-electron chi connectivity index (χ1n) is 5.09. The minimum absolute atomic E-state index is 0.500. The monoisotopic (exact) mass is 200 g/mol. The van der Waals surface area contributed by atoms with Crippen LogP contribution >= 0.6 is 0 Å². The summed E-state index contributed by atoms with van der Waals surface area (Å²) in [5.41, 5.74) is -0.792. The van der Waals surface area contributed by atoms with E-state index in [1.165, 1.54) is 0 Å². The molecule has 1 saturated heterocycles. The smallest absolute Gasteiger partial charge is 0.315 e. The molecule has 0 aromatic rings. The van der Waals surface area contributed by atoms with E-state index >= 15 is 0 Å². The zero-order valence-electron chi connectivity index (χ0n) is 8.41. The number of hydrogen-bond donors (Lipinski definition) is 1. The number of carbonyl (C=O) groups is 1. The molecular weight excluding hydrogens is 184 g/mol. The minimum Gasteiger partial charge on any atom is -0.481 e. The van der Waals surface area contributed by atoms with Gasteiger partial charge in [0, 0.05) is 13.5 Å². The second-order valence-electron chi connectivity index (χ2n) is 4.15. The van der Waals surface area contributed by atoms with Crippen molar-refractivity contribution in [3.63, 3.8) is 0 Å². The second-order valence-corrected chi connectivity index (χ2v) is 4.15. The Morgan fingerprint density at radius 2 is 2.07 bits per heavy atom. The molecule has 14 heavy (non-hydrogen) atoms. The Labute approximate surface area is 83.2 Å². The van der Waals surface area contributed by atoms with Crippen molar-refractivity contribution in [2.75, 3.05) is 13.7 Å². The average molecular weight is 200 g/mol. The highest BCUT2D eigenvalue weighted by atomic mass is 16.7. The van der Waals surface area contributed by atoms with Gasteiger partial charge in [-0.3, -0.25) is 4.79 Å². The molecule has 1 saturated carbocycles. The summed E-state index contributed by atoms with van der Waals surface area (Å²) < 4.78 is 10.9. The van der Waals surface area contributed by atoms with Crippen molar-refractivity contribution in [1.82, 2.24) is 0 Å². The number of rotatable bonds is 2. The molecule has 2 fully saturated rings. The van der Waals surface area contributed by atoms with Crippen LogP contribution in [0.2, 0.25) is 0 Å². The highest BCUT2D eigenvalue weighted by Gasteiger charge is 2.62. The van der Waals surface area contributed by atoms with Gasteiger partial charge in [-0.15, -0.1) is 0 Å². The first kappa shape index (κ1) is 9.93. The molecule has 2 unspecified atom stereocenters. The summed E-state index contributed by atoms with van der Waals surface area (Å²) in [4.78, 5) is 11.4. The van der Waals surface area contributed by atoms with Crippen LogP contribution in [0.1, 0.15) is 32.1 Å². The molecule has 0 aromatic carbocycles. The minimum atomic E-state index is -0.850. The topological polar surface area (TPSA) is 55.8 Å². The predicted octanol–water partition coefficient (Wildman–Crippen LogP) is 1.39. The second kappa shape index (κ2) is 3.21. The number of aliphatic carboxylic acids is 1. The molecule has 2 atom stereocenters. The number of methoxy groups -OCH3 is 1. The summed E-state index contributed by atoms with van der Waals surface area (Å²) in [5.74, 6) is -1.62. The van der Waals surface area contributed by atoms with Crippen LogP contribution in [-0.4, -0.2) is 30.6 Å². The lowest BCUT2D eigenvalue weighted by Gasteiger charge is -2.43. The molecule has 0 radical (unpaired) electrons. The van der Waals surface area contributed by atoms with Gasteiger partial charge in [0.05, 0.1) is 6.61 Å². The Hall–Kier alpha value is -0.610. The van der Waals surface area contributed by atoms with E-state index in [1.54, 1.807) is 7.11 Å². The van der Waals surface area contributed by atoms with Gasteiger partial charge >= 0.3 is 5.97 Å². The Morgan fingerprint density at radius 1 is 1.36 bits per heavy atom. The molecule has 4 nitrogen and oxygen atoms in total. The Balaban J connectivity index is 2.37. The highest BCUT2D eigenvalue weighted by molar-refractivity contribution is 5.76. The SMILES string of the molecule is COC12CCCCC1(C(=O)O)CCO2. The summed E-state index contributed by atoms with van der Waals surface area (Å²) >= 11 is 0. The fourth-order valence-electron chi connectivity index (χ4n) is 2.86. The molecule has 1 aliphatic heterocycles. The predicted molar refractivity (Wildman–Crippen MR) is 48.8 cm³/mol. The van der Waals surface area contributed by atoms with Gasteiger partial charge in [-0.2, -0.15) is 0 Å². The lowest BCUT2D eigenvalue weighted by molar-refractivity contribution is -0.261. The van der Waals surface area contributed by atoms with Crippen molar-refractivity contribution in [3.05, 3.63) is 0 Å². The molecule has 4 heteroatoms. The summed E-state index contributed by atoms with van der Waals surface area (Å²) in [6.07, 6.45) is 3.91. The number of hydrogen-bond acceptors (Lipinski definition) is 3. The zero-order chi connectivity index (χ0) is 10.2. The summed E-state index contributed by atoms with van der Waals surface area (Å²) in [7, 11) is 1.55. The lowest BCUT2D eigenvalue weighted by Crippen LogP contribution is -2.53. The van der Waals surface area contributed by atoms with Gasteiger partial charge in [0.15, 0.2) is 5.79 Å². The lowest BCUT2D eigenvalue weighted by atomic mass is 9.68. The van der Waals surface area contributed by atoms with Crippen LogP contribution in [0.5, 0.6) is 0 Å². The summed E-state index contributed by atoms with van der Waals surface area (Å²) in [5, 5.41) is 9.34. The van der Waals surface area contributed by atoms with Gasteiger partial charge in [0.25, 0.3) is 0 Å². The maximum Gasteiger partial charge on any atom is 0.315 e. The third kappa shape index (κ3) is 1.04. The Bertz CT molecular complexity index is 253. The van der Waals surface area contributed by atoms with Gasteiger partial charge in [-0.05, 0) is 19.3 Å². The van der Waals surface area contributed by atoms with E-state index in [-0.39, 0.29) is 0 Å². The number of carboxylic acids is 1. The highest BCUT2D eigenvalue weighted by Crippen LogP contribution is 2.53. The summed E-state index contributed by atoms with van der Waals surface area (Å²) in [6, 6.07) is 0. The van der Waals surface area contributed by atoms with Crippen LogP contribution in [-0.2, 0) is 14.3 Å². The molecule has 80 valence electrons. The first-order valence-corrected chi connectivity index (χ1v) is 5.09. The van der Waals surface area contributed by atoms with Crippen LogP contribution < -0.4 is 0 Å². The van der Waals surface area contributed by atoms with Crippen molar-refractivity contribution in [3.8, 4) is 0 Å². The molecule has 0 spiro atoms. The third-order valence-corrected chi connectivity index (χ3v) is 3.69. The van der Waals surface area contributed by atoms with Crippen LogP contribution in [0.3, 0.4) is 0 Å². The number of fused-ring (bicyclic) bond motifs is 1. The first-order chi connectivity index (χ1) is 6.67. The van der Waals surface area contributed by atoms with Crippen molar-refractivity contribution in [2.45, 2.75) is 37.9 Å². The molecule has 1 N–H and O–H groups in total. The van der Waals surface area contributed by atoms with E-state index in [9.17, 15) is 9.90 Å². The van der Waals surface area contributed by atoms with Crippen molar-refractivity contribution in [1.29, 1.82) is 0 Å². The molecular formula is C10H16O4. The van der Waals surface area contributed by atoms with E-state index < -0.39 is 17.2 Å². The molecule has 0 aromatic heterocycles. The molecule has 2 aliphatic rings. The normalized spacial score (nSPS) is 42.1. The van der Waals surface area contributed by atoms with E-state index in [4.69, 9.17) is 9.47 Å². The van der Waals surface area contributed by atoms with Crippen LogP contribution in [0.4, 0.5) is 0 Å². The van der Waals surface area contributed by atoms with Gasteiger partial charge in [-0.1, -0.05) is 6.42 Å². The molecule has 2 rings (SSSR count). The average Bonchev–Trinajstić information content (AvgIpc) is 2.58. The van der Waals surface area contributed by atoms with Crippen LogP contribution in [0.25, 0.3) is 0 Å². The van der Waals surface area contributed by atoms with E-state index in [0.717, 1.165) is 12.8 Å². The zero-order valence-corrected chi connectivity index (χ0v) is 8.41. The van der Waals surface area contributed by atoms with E-state index in [2.05, 4.69) is 0 Å². The van der Waals surface area contributed by atoms with Crippen molar-refractivity contribution < 1.29 is 19.4 Å². The maximum absolute atomic E-state index is 11.4. The van der Waals surface area contributed by atoms with Crippen molar-refractivity contribution >= 4 is 5.97 Å². The Kier molecular flexibility index (Phi) is 2.27. The standard InChI is InChI=1S/C10H16O4/c1-13-10-5-3-2-4-9(10,8(11)12)6-7-14-10/h2-7H2,1H3,(H,11,12). The van der Waals surface area contributed by atoms with Gasteiger partial charge in [-0.25, -0.2) is 0 Å². The number of carboxylic acid groups (broad SMARTS) is 1. The third-order valence-electron chi connectivity index (χ3n) is 3.69. The molecule has 0 bridgehead atoms. The Morgan fingerprint density at radius 3 is 2.64 bits per heavy atom. The summed E-state index contributed by atoms with van der Waals surface area (Å²) in [6.45, 7) is 0.500. The maximum atomic E-state index is 11.4. The van der Waals surface area contributed by atoms with Crippen molar-refractivity contribution in [2.24, 2.45) is 5.41 Å². The molecule has 1 heterocycles. The molecule has 0 amide bonds. The fraction of sp³-hybridized carbons (Fsp3) is 0.900. The quantitative estimate of drug-likeness (QED) is 0.732. The fourth-order valence-corrected chi connectivity index (χ4v) is 2.86. The van der Waals surface area contributed by atoms with Gasteiger partial charge in [0.2, 0.25) is 0 Å². The largest absolute Gasteiger partial charge is 0.481 e. The van der Waals surface area contributed by atoms with E-state index in [1.807, 2.05) is 0 Å². The van der Waals surface area contributed by atoms with Gasteiger partial charge < -0.3 is 14.6 Å².